The molecule has 10 nitrogen and oxygen atoms in total. The molecule has 1 N–H and O–H groups in total. The summed E-state index contributed by atoms with van der Waals surface area (Å²) in [5.74, 6) is -0.751. The molecule has 0 heterocycles. The number of rotatable bonds is 35. The summed E-state index contributed by atoms with van der Waals surface area (Å²) < 4.78 is 34.0. The van der Waals surface area contributed by atoms with E-state index < -0.39 is 32.5 Å². The smallest absolute Gasteiger partial charge is 0.462 e. The van der Waals surface area contributed by atoms with E-state index >= 15 is 0 Å². The number of ketones is 1. The van der Waals surface area contributed by atoms with Gasteiger partial charge in [0.25, 0.3) is 0 Å². The summed E-state index contributed by atoms with van der Waals surface area (Å²) in [5.41, 5.74) is 0. The minimum Gasteiger partial charge on any atom is -0.462 e. The van der Waals surface area contributed by atoms with Crippen molar-refractivity contribution in [3.8, 4) is 0 Å². The van der Waals surface area contributed by atoms with E-state index in [9.17, 15) is 23.8 Å². The Bertz CT molecular complexity index is 1150. The third kappa shape index (κ3) is 37.5. The molecule has 0 radical (unpaired) electrons. The highest BCUT2D eigenvalue weighted by Crippen LogP contribution is 2.43. The van der Waals surface area contributed by atoms with Crippen molar-refractivity contribution >= 4 is 25.5 Å². The number of nitrogens with zero attached hydrogens (tertiary/aromatic N) is 1. The summed E-state index contributed by atoms with van der Waals surface area (Å²) in [7, 11) is 1.39. The standard InChI is InChI=1S/C42H72NO9P/c1-6-8-10-11-12-13-15-19-22-25-29-33-41(45)49-37-40(38-51-53(47,48)50-36-35-43(3,4)5)52-42(46)34-30-26-23-20-17-14-16-18-21-24-28-32-39(44)31-27-9-7-2/h11-12,14,16,20-21,23-24,28,32,40H,6-10,13,15,17-19,22,25-27,29-31,33-38H2,1-5H3/p+1/b12-11-,16-14-,23-20-,24-21-,32-28+/t40-/m1/s1. The number of phosphoric ester groups is 1. The molecule has 0 spiro atoms. The van der Waals surface area contributed by atoms with Gasteiger partial charge in [0.2, 0.25) is 0 Å². The fraction of sp³-hybridized carbons (Fsp3) is 0.690. The van der Waals surface area contributed by atoms with Gasteiger partial charge in [-0.1, -0.05) is 113 Å². The minimum atomic E-state index is -4.40. The highest BCUT2D eigenvalue weighted by Gasteiger charge is 2.27. The highest BCUT2D eigenvalue weighted by molar-refractivity contribution is 7.47. The van der Waals surface area contributed by atoms with Gasteiger partial charge in [0.15, 0.2) is 11.9 Å². The Morgan fingerprint density at radius 3 is 1.94 bits per heavy atom. The Hall–Kier alpha value is -2.62. The molecule has 0 rings (SSSR count). The highest BCUT2D eigenvalue weighted by atomic mass is 31.2. The van der Waals surface area contributed by atoms with Gasteiger partial charge < -0.3 is 18.9 Å². The second kappa shape index (κ2) is 33.9. The number of hydrogen-bond donors (Lipinski definition) is 1. The molecule has 11 heteroatoms. The van der Waals surface area contributed by atoms with Crippen LogP contribution in [0.15, 0.2) is 60.8 Å². The predicted molar refractivity (Wildman–Crippen MR) is 215 cm³/mol. The van der Waals surface area contributed by atoms with Gasteiger partial charge in [-0.25, -0.2) is 4.57 Å². The van der Waals surface area contributed by atoms with Crippen molar-refractivity contribution in [2.45, 2.75) is 142 Å². The van der Waals surface area contributed by atoms with Crippen LogP contribution in [0.3, 0.4) is 0 Å². The SMILES string of the molecule is CCCC/C=C\CCCCCCCC(=O)OC[C@H](COP(=O)(O)OCC[N+](C)(C)C)OC(=O)CCC/C=C\C/C=C\C/C=C\C=C\C(=O)CCCCC. The van der Waals surface area contributed by atoms with E-state index in [1.165, 1.54) is 12.8 Å². The lowest BCUT2D eigenvalue weighted by atomic mass is 10.1. The lowest BCUT2D eigenvalue weighted by molar-refractivity contribution is -0.870. The number of allylic oxidation sites excluding steroid dienone is 10. The van der Waals surface area contributed by atoms with Crippen LogP contribution in [0.1, 0.15) is 136 Å². The Labute approximate surface area is 322 Å². The van der Waals surface area contributed by atoms with E-state index in [0.29, 0.717) is 36.7 Å². The molecule has 0 aromatic heterocycles. The van der Waals surface area contributed by atoms with Gasteiger partial charge >= 0.3 is 19.8 Å². The van der Waals surface area contributed by atoms with Crippen LogP contribution >= 0.6 is 7.82 Å². The first-order valence-corrected chi connectivity index (χ1v) is 21.5. The average molecular weight is 767 g/mol. The summed E-state index contributed by atoms with van der Waals surface area (Å²) in [6.45, 7) is 4.09. The number of phosphoric acid groups is 1. The molecule has 0 aliphatic rings. The summed E-state index contributed by atoms with van der Waals surface area (Å²) >= 11 is 0. The molecule has 2 atom stereocenters. The molecule has 0 fully saturated rings. The lowest BCUT2D eigenvalue weighted by Crippen LogP contribution is -2.37. The first kappa shape index (κ1) is 50.4. The topological polar surface area (TPSA) is 125 Å². The lowest BCUT2D eigenvalue weighted by Gasteiger charge is -2.24. The van der Waals surface area contributed by atoms with Gasteiger partial charge in [0.1, 0.15) is 19.8 Å². The van der Waals surface area contributed by atoms with Crippen LogP contribution < -0.4 is 0 Å². The Morgan fingerprint density at radius 2 is 1.23 bits per heavy atom. The normalized spacial score (nSPS) is 14.2. The van der Waals surface area contributed by atoms with Crippen molar-refractivity contribution < 1.29 is 46.8 Å². The first-order chi connectivity index (χ1) is 25.4. The number of esters is 2. The van der Waals surface area contributed by atoms with E-state index in [0.717, 1.165) is 70.6 Å². The molecular formula is C42H73NO9P+. The van der Waals surface area contributed by atoms with Crippen molar-refractivity contribution in [1.82, 2.24) is 0 Å². The number of quaternary nitrogens is 1. The molecular weight excluding hydrogens is 693 g/mol. The van der Waals surface area contributed by atoms with Crippen LogP contribution in [0, 0.1) is 0 Å². The number of carbonyl (C=O) groups is 3. The first-order valence-electron chi connectivity index (χ1n) is 20.0. The summed E-state index contributed by atoms with van der Waals surface area (Å²) in [6.07, 6.45) is 35.5. The van der Waals surface area contributed by atoms with Crippen LogP contribution in [0.4, 0.5) is 0 Å². The quantitative estimate of drug-likeness (QED) is 0.0128. The van der Waals surface area contributed by atoms with Gasteiger partial charge in [-0.2, -0.15) is 0 Å². The number of hydrogen-bond acceptors (Lipinski definition) is 8. The largest absolute Gasteiger partial charge is 0.472 e. The fourth-order valence-electron chi connectivity index (χ4n) is 4.76. The molecule has 1 unspecified atom stereocenters. The van der Waals surface area contributed by atoms with Crippen molar-refractivity contribution in [1.29, 1.82) is 0 Å². The maximum Gasteiger partial charge on any atom is 0.472 e. The molecule has 0 aromatic carbocycles. The zero-order chi connectivity index (χ0) is 39.5. The van der Waals surface area contributed by atoms with Crippen molar-refractivity contribution in [3.63, 3.8) is 0 Å². The zero-order valence-electron chi connectivity index (χ0n) is 33.7. The molecule has 0 saturated carbocycles. The Kier molecular flexibility index (Phi) is 32.2. The molecule has 53 heavy (non-hydrogen) atoms. The Morgan fingerprint density at radius 1 is 0.642 bits per heavy atom. The van der Waals surface area contributed by atoms with Gasteiger partial charge in [-0.05, 0) is 63.9 Å². The third-order valence-electron chi connectivity index (χ3n) is 8.00. The summed E-state index contributed by atoms with van der Waals surface area (Å²) in [6, 6.07) is 0. The number of ether oxygens (including phenoxy) is 2. The second-order valence-electron chi connectivity index (χ2n) is 14.3. The zero-order valence-corrected chi connectivity index (χ0v) is 34.6. The van der Waals surface area contributed by atoms with Gasteiger partial charge in [0.05, 0.1) is 27.7 Å². The number of likely N-dealkylation sites (N-methyl/N-ethyl adjacent to an activating group) is 1. The minimum absolute atomic E-state index is 0.00676. The average Bonchev–Trinajstić information content (AvgIpc) is 3.09. The van der Waals surface area contributed by atoms with E-state index in [1.54, 1.807) is 12.2 Å². The molecule has 0 saturated heterocycles. The molecule has 0 aliphatic heterocycles. The van der Waals surface area contributed by atoms with Gasteiger partial charge in [-0.15, -0.1) is 0 Å². The maximum absolute atomic E-state index is 12.6. The van der Waals surface area contributed by atoms with Crippen LogP contribution in [0.2, 0.25) is 0 Å². The fourth-order valence-corrected chi connectivity index (χ4v) is 5.51. The Balaban J connectivity index is 4.59. The van der Waals surface area contributed by atoms with E-state index in [-0.39, 0.29) is 31.8 Å². The molecule has 0 amide bonds. The van der Waals surface area contributed by atoms with Crippen molar-refractivity contribution in [3.05, 3.63) is 60.8 Å². The molecule has 304 valence electrons. The maximum atomic E-state index is 12.6. The summed E-state index contributed by atoms with van der Waals surface area (Å²) in [4.78, 5) is 46.9. The predicted octanol–water partition coefficient (Wildman–Crippen LogP) is 10.1. The van der Waals surface area contributed by atoms with E-state index in [1.807, 2.05) is 45.4 Å². The second-order valence-corrected chi connectivity index (χ2v) is 15.8. The van der Waals surface area contributed by atoms with Crippen LogP contribution in [-0.4, -0.2) is 80.7 Å². The monoisotopic (exact) mass is 767 g/mol. The molecule has 0 aromatic rings. The third-order valence-corrected chi connectivity index (χ3v) is 8.98. The van der Waals surface area contributed by atoms with Crippen molar-refractivity contribution in [2.75, 3.05) is 47.5 Å². The summed E-state index contributed by atoms with van der Waals surface area (Å²) in [5, 5.41) is 0. The van der Waals surface area contributed by atoms with Crippen molar-refractivity contribution in [2.24, 2.45) is 0 Å². The van der Waals surface area contributed by atoms with E-state index in [4.69, 9.17) is 18.5 Å². The van der Waals surface area contributed by atoms with Gasteiger partial charge in [0, 0.05) is 19.3 Å². The number of unbranched alkanes of at least 4 members (excludes halogenated alkanes) is 10. The van der Waals surface area contributed by atoms with Crippen LogP contribution in [0.5, 0.6) is 0 Å². The van der Waals surface area contributed by atoms with E-state index in [2.05, 4.69) is 38.2 Å². The number of carbonyl (C=O) groups excluding carboxylic acids is 3. The molecule has 0 bridgehead atoms. The molecule has 0 aliphatic carbocycles. The van der Waals surface area contributed by atoms with Crippen LogP contribution in [-0.2, 0) is 37.5 Å². The van der Waals surface area contributed by atoms with Gasteiger partial charge in [-0.3, -0.25) is 23.4 Å². The van der Waals surface area contributed by atoms with Crippen LogP contribution in [0.25, 0.3) is 0 Å².